The summed E-state index contributed by atoms with van der Waals surface area (Å²) in [6.07, 6.45) is 0.892. The molecule has 1 aromatic heterocycles. The van der Waals surface area contributed by atoms with Crippen molar-refractivity contribution in [3.8, 4) is 11.6 Å². The molecule has 0 saturated heterocycles. The average molecular weight is 273 g/mol. The van der Waals surface area contributed by atoms with Crippen LogP contribution < -0.4 is 14.8 Å². The van der Waals surface area contributed by atoms with Crippen molar-refractivity contribution in [2.75, 3.05) is 26.1 Å². The third-order valence-corrected chi connectivity index (χ3v) is 2.90. The van der Waals surface area contributed by atoms with Gasteiger partial charge in [0, 0.05) is 18.3 Å². The normalized spacial score (nSPS) is 10.2. The van der Waals surface area contributed by atoms with Crippen LogP contribution in [-0.2, 0) is 6.42 Å². The first-order valence-electron chi connectivity index (χ1n) is 6.47. The van der Waals surface area contributed by atoms with Crippen LogP contribution in [0.15, 0.2) is 30.3 Å². The van der Waals surface area contributed by atoms with Gasteiger partial charge >= 0.3 is 0 Å². The highest BCUT2D eigenvalue weighted by Gasteiger charge is 2.02. The highest BCUT2D eigenvalue weighted by Crippen LogP contribution is 2.13. The zero-order valence-electron chi connectivity index (χ0n) is 12.0. The average Bonchev–Trinajstić information content (AvgIpc) is 2.47. The van der Waals surface area contributed by atoms with E-state index in [0.717, 1.165) is 24.4 Å². The first-order chi connectivity index (χ1) is 9.71. The van der Waals surface area contributed by atoms with Crippen LogP contribution in [0.25, 0.3) is 0 Å². The molecule has 1 aromatic carbocycles. The molecule has 0 bridgehead atoms. The second-order valence-corrected chi connectivity index (χ2v) is 4.40. The van der Waals surface area contributed by atoms with Crippen LogP contribution in [0.1, 0.15) is 11.3 Å². The highest BCUT2D eigenvalue weighted by molar-refractivity contribution is 5.32. The molecule has 0 amide bonds. The van der Waals surface area contributed by atoms with Crippen molar-refractivity contribution in [1.29, 1.82) is 0 Å². The first kappa shape index (κ1) is 14.1. The van der Waals surface area contributed by atoms with Gasteiger partial charge in [0.15, 0.2) is 0 Å². The van der Waals surface area contributed by atoms with Crippen molar-refractivity contribution in [3.05, 3.63) is 41.6 Å². The van der Waals surface area contributed by atoms with Gasteiger partial charge in [-0.1, -0.05) is 12.1 Å². The number of ether oxygens (including phenoxy) is 2. The van der Waals surface area contributed by atoms with Gasteiger partial charge in [-0.25, -0.2) is 4.98 Å². The molecular formula is C15H19N3O2. The molecule has 0 unspecified atom stereocenters. The lowest BCUT2D eigenvalue weighted by Gasteiger charge is -2.08. The van der Waals surface area contributed by atoms with E-state index in [4.69, 9.17) is 9.47 Å². The minimum absolute atomic E-state index is 0.574. The Hall–Kier alpha value is -2.30. The van der Waals surface area contributed by atoms with E-state index < -0.39 is 0 Å². The van der Waals surface area contributed by atoms with Crippen LogP contribution in [0.4, 0.5) is 5.95 Å². The molecule has 5 nitrogen and oxygen atoms in total. The lowest BCUT2D eigenvalue weighted by Crippen LogP contribution is -2.09. The lowest BCUT2D eigenvalue weighted by molar-refractivity contribution is 0.397. The van der Waals surface area contributed by atoms with Gasteiger partial charge < -0.3 is 14.8 Å². The fourth-order valence-electron chi connectivity index (χ4n) is 1.83. The highest BCUT2D eigenvalue weighted by atomic mass is 16.5. The summed E-state index contributed by atoms with van der Waals surface area (Å²) < 4.78 is 10.3. The molecule has 106 valence electrons. The number of nitrogens with zero attached hydrogens (tertiary/aromatic N) is 2. The summed E-state index contributed by atoms with van der Waals surface area (Å²) in [6, 6.07) is 9.83. The van der Waals surface area contributed by atoms with Gasteiger partial charge in [0.05, 0.1) is 14.2 Å². The Bertz CT molecular complexity index is 556. The standard InChI is InChI=1S/C15H19N3O2/c1-11-10-14(20-3)18-15(17-11)16-9-8-12-4-6-13(19-2)7-5-12/h4-7,10H,8-9H2,1-3H3,(H,16,17,18). The molecule has 2 aromatic rings. The fraction of sp³-hybridized carbons (Fsp3) is 0.333. The number of hydrogen-bond acceptors (Lipinski definition) is 5. The van der Waals surface area contributed by atoms with Crippen LogP contribution in [0.3, 0.4) is 0 Å². The van der Waals surface area contributed by atoms with Gasteiger partial charge in [0.1, 0.15) is 5.75 Å². The third-order valence-electron chi connectivity index (χ3n) is 2.90. The number of methoxy groups -OCH3 is 2. The molecule has 0 spiro atoms. The molecule has 0 aliphatic carbocycles. The Balaban J connectivity index is 1.90. The van der Waals surface area contributed by atoms with Crippen LogP contribution in [-0.4, -0.2) is 30.7 Å². The second-order valence-electron chi connectivity index (χ2n) is 4.40. The Kier molecular flexibility index (Phi) is 4.76. The van der Waals surface area contributed by atoms with Crippen molar-refractivity contribution in [2.45, 2.75) is 13.3 Å². The smallest absolute Gasteiger partial charge is 0.226 e. The molecule has 0 fully saturated rings. The Morgan fingerprint density at radius 2 is 1.80 bits per heavy atom. The SMILES string of the molecule is COc1ccc(CCNc2nc(C)cc(OC)n2)cc1. The molecule has 1 heterocycles. The van der Waals surface area contributed by atoms with Gasteiger partial charge in [-0.05, 0) is 31.0 Å². The van der Waals surface area contributed by atoms with Crippen molar-refractivity contribution in [2.24, 2.45) is 0 Å². The summed E-state index contributed by atoms with van der Waals surface area (Å²) in [4.78, 5) is 8.56. The number of rotatable bonds is 6. The monoisotopic (exact) mass is 273 g/mol. The molecule has 1 N–H and O–H groups in total. The van der Waals surface area contributed by atoms with E-state index in [0.29, 0.717) is 11.8 Å². The summed E-state index contributed by atoms with van der Waals surface area (Å²) in [5.41, 5.74) is 2.11. The minimum atomic E-state index is 0.574. The van der Waals surface area contributed by atoms with Gasteiger partial charge in [-0.3, -0.25) is 0 Å². The molecule has 2 rings (SSSR count). The Morgan fingerprint density at radius 3 is 2.45 bits per heavy atom. The van der Waals surface area contributed by atoms with E-state index in [2.05, 4.69) is 27.4 Å². The number of nitrogens with one attached hydrogen (secondary N) is 1. The summed E-state index contributed by atoms with van der Waals surface area (Å²) in [5, 5.41) is 3.20. The number of aryl methyl sites for hydroxylation is 1. The zero-order chi connectivity index (χ0) is 14.4. The van der Waals surface area contributed by atoms with E-state index in [-0.39, 0.29) is 0 Å². The third kappa shape index (κ3) is 3.85. The predicted molar refractivity (Wildman–Crippen MR) is 78.5 cm³/mol. The van der Waals surface area contributed by atoms with Crippen LogP contribution in [0.5, 0.6) is 11.6 Å². The van der Waals surface area contributed by atoms with Gasteiger partial charge in [-0.15, -0.1) is 0 Å². The number of anilines is 1. The Labute approximate surface area is 119 Å². The van der Waals surface area contributed by atoms with E-state index in [1.807, 2.05) is 19.1 Å². The van der Waals surface area contributed by atoms with Crippen molar-refractivity contribution in [1.82, 2.24) is 9.97 Å². The number of aromatic nitrogens is 2. The molecule has 0 radical (unpaired) electrons. The quantitative estimate of drug-likeness (QED) is 0.876. The van der Waals surface area contributed by atoms with Crippen LogP contribution >= 0.6 is 0 Å². The van der Waals surface area contributed by atoms with Crippen molar-refractivity contribution < 1.29 is 9.47 Å². The lowest BCUT2D eigenvalue weighted by atomic mass is 10.1. The molecular weight excluding hydrogens is 254 g/mol. The maximum Gasteiger partial charge on any atom is 0.226 e. The van der Waals surface area contributed by atoms with E-state index in [9.17, 15) is 0 Å². The maximum absolute atomic E-state index is 5.13. The molecule has 0 atom stereocenters. The summed E-state index contributed by atoms with van der Waals surface area (Å²) in [5.74, 6) is 2.04. The van der Waals surface area contributed by atoms with Crippen molar-refractivity contribution in [3.63, 3.8) is 0 Å². The van der Waals surface area contributed by atoms with E-state index in [1.165, 1.54) is 5.56 Å². The molecule has 0 saturated carbocycles. The first-order valence-corrected chi connectivity index (χ1v) is 6.47. The topological polar surface area (TPSA) is 56.3 Å². The number of benzene rings is 1. The fourth-order valence-corrected chi connectivity index (χ4v) is 1.83. The molecule has 0 aliphatic heterocycles. The van der Waals surface area contributed by atoms with Crippen LogP contribution in [0.2, 0.25) is 0 Å². The zero-order valence-corrected chi connectivity index (χ0v) is 12.0. The molecule has 5 heteroatoms. The van der Waals surface area contributed by atoms with Gasteiger partial charge in [-0.2, -0.15) is 4.98 Å². The van der Waals surface area contributed by atoms with E-state index >= 15 is 0 Å². The second kappa shape index (κ2) is 6.75. The van der Waals surface area contributed by atoms with Crippen molar-refractivity contribution >= 4 is 5.95 Å². The predicted octanol–water partition coefficient (Wildman–Crippen LogP) is 2.46. The minimum Gasteiger partial charge on any atom is -0.497 e. The Morgan fingerprint density at radius 1 is 1.05 bits per heavy atom. The molecule has 0 aliphatic rings. The summed E-state index contributed by atoms with van der Waals surface area (Å²) in [6.45, 7) is 2.68. The summed E-state index contributed by atoms with van der Waals surface area (Å²) in [7, 11) is 3.27. The summed E-state index contributed by atoms with van der Waals surface area (Å²) >= 11 is 0. The van der Waals surface area contributed by atoms with Crippen LogP contribution in [0, 0.1) is 6.92 Å². The number of hydrogen-bond donors (Lipinski definition) is 1. The van der Waals surface area contributed by atoms with Gasteiger partial charge in [0.25, 0.3) is 0 Å². The molecule has 20 heavy (non-hydrogen) atoms. The van der Waals surface area contributed by atoms with Gasteiger partial charge in [0.2, 0.25) is 11.8 Å². The maximum atomic E-state index is 5.13. The van der Waals surface area contributed by atoms with E-state index in [1.54, 1.807) is 20.3 Å². The largest absolute Gasteiger partial charge is 0.497 e.